The summed E-state index contributed by atoms with van der Waals surface area (Å²) in [4.78, 5) is 11.1. The summed E-state index contributed by atoms with van der Waals surface area (Å²) in [6.45, 7) is 3.59. The van der Waals surface area contributed by atoms with Gasteiger partial charge in [0.15, 0.2) is 0 Å². The van der Waals surface area contributed by atoms with Gasteiger partial charge in [-0.25, -0.2) is 0 Å². The lowest BCUT2D eigenvalue weighted by molar-refractivity contribution is -0.122. The van der Waals surface area contributed by atoms with Crippen LogP contribution in [0, 0.1) is 0 Å². The van der Waals surface area contributed by atoms with Crippen molar-refractivity contribution >= 4 is 5.91 Å². The maximum atomic E-state index is 11.1. The van der Waals surface area contributed by atoms with Crippen LogP contribution in [0.15, 0.2) is 30.3 Å². The van der Waals surface area contributed by atoms with Gasteiger partial charge < -0.3 is 10.4 Å². The topological polar surface area (TPSA) is 49.3 Å². The summed E-state index contributed by atoms with van der Waals surface area (Å²) < 4.78 is 0. The molecule has 1 aromatic rings. The summed E-state index contributed by atoms with van der Waals surface area (Å²) >= 11 is 0. The minimum Gasteiger partial charge on any atom is -0.386 e. The van der Waals surface area contributed by atoms with Crippen LogP contribution in [-0.2, 0) is 4.79 Å². The highest BCUT2D eigenvalue weighted by atomic mass is 16.3. The van der Waals surface area contributed by atoms with Crippen LogP contribution in [0.25, 0.3) is 0 Å². The molecule has 0 aliphatic carbocycles. The van der Waals surface area contributed by atoms with Gasteiger partial charge in [0.2, 0.25) is 5.91 Å². The fourth-order valence-corrected chi connectivity index (χ4v) is 1.37. The van der Waals surface area contributed by atoms with Crippen LogP contribution >= 0.6 is 0 Å². The van der Waals surface area contributed by atoms with Crippen molar-refractivity contribution in [2.24, 2.45) is 0 Å². The van der Waals surface area contributed by atoms with E-state index in [4.69, 9.17) is 0 Å². The predicted octanol–water partition coefficient (Wildman–Crippen LogP) is 1.63. The molecule has 0 radical (unpaired) electrons. The molecular weight excluding hydrogens is 190 g/mol. The van der Waals surface area contributed by atoms with Crippen molar-refractivity contribution in [1.29, 1.82) is 0 Å². The Morgan fingerprint density at radius 3 is 2.53 bits per heavy atom. The second-order valence-electron chi connectivity index (χ2n) is 3.57. The second-order valence-corrected chi connectivity index (χ2v) is 3.57. The number of nitrogens with one attached hydrogen (secondary N) is 1. The van der Waals surface area contributed by atoms with E-state index in [0.29, 0.717) is 6.42 Å². The third-order valence-electron chi connectivity index (χ3n) is 2.32. The van der Waals surface area contributed by atoms with E-state index in [-0.39, 0.29) is 11.9 Å². The molecule has 0 fully saturated rings. The van der Waals surface area contributed by atoms with Gasteiger partial charge in [-0.1, -0.05) is 37.3 Å². The molecule has 0 saturated heterocycles. The van der Waals surface area contributed by atoms with Gasteiger partial charge in [0.05, 0.1) is 12.1 Å². The zero-order valence-electron chi connectivity index (χ0n) is 9.10. The highest BCUT2D eigenvalue weighted by Gasteiger charge is 2.16. The standard InChI is InChI=1S/C12H17NO2/c1-3-11(14)13-9(2)12(15)10-7-5-4-6-8-10/h4-9,12,15H,3H2,1-2H3,(H,13,14)/t9-,12+/m0/s1. The molecule has 0 aromatic heterocycles. The van der Waals surface area contributed by atoms with Gasteiger partial charge in [-0.3, -0.25) is 4.79 Å². The predicted molar refractivity (Wildman–Crippen MR) is 59.3 cm³/mol. The normalized spacial score (nSPS) is 14.3. The van der Waals surface area contributed by atoms with E-state index < -0.39 is 6.10 Å². The largest absolute Gasteiger partial charge is 0.386 e. The molecule has 0 aliphatic rings. The van der Waals surface area contributed by atoms with Gasteiger partial charge in [0, 0.05) is 6.42 Å². The molecule has 0 spiro atoms. The van der Waals surface area contributed by atoms with Crippen molar-refractivity contribution in [2.75, 3.05) is 0 Å². The van der Waals surface area contributed by atoms with Crippen LogP contribution in [0.5, 0.6) is 0 Å². The first kappa shape index (κ1) is 11.7. The summed E-state index contributed by atoms with van der Waals surface area (Å²) in [5.41, 5.74) is 0.821. The molecule has 0 heterocycles. The van der Waals surface area contributed by atoms with Crippen LogP contribution in [0.2, 0.25) is 0 Å². The first-order valence-corrected chi connectivity index (χ1v) is 5.17. The molecule has 2 atom stereocenters. The summed E-state index contributed by atoms with van der Waals surface area (Å²) in [6.07, 6.45) is -0.215. The fourth-order valence-electron chi connectivity index (χ4n) is 1.37. The van der Waals surface area contributed by atoms with Crippen LogP contribution in [-0.4, -0.2) is 17.1 Å². The Labute approximate surface area is 90.1 Å². The van der Waals surface area contributed by atoms with Crippen LogP contribution in [0.1, 0.15) is 31.9 Å². The van der Waals surface area contributed by atoms with Gasteiger partial charge in [0.25, 0.3) is 0 Å². The van der Waals surface area contributed by atoms with Crippen molar-refractivity contribution < 1.29 is 9.90 Å². The molecule has 0 bridgehead atoms. The van der Waals surface area contributed by atoms with Crippen molar-refractivity contribution in [1.82, 2.24) is 5.32 Å². The van der Waals surface area contributed by atoms with Gasteiger partial charge in [-0.2, -0.15) is 0 Å². The monoisotopic (exact) mass is 207 g/mol. The molecule has 1 aromatic carbocycles. The molecule has 3 heteroatoms. The Morgan fingerprint density at radius 1 is 1.40 bits per heavy atom. The first-order chi connectivity index (χ1) is 7.15. The summed E-state index contributed by atoms with van der Waals surface area (Å²) in [5.74, 6) is -0.0440. The van der Waals surface area contributed by atoms with E-state index in [9.17, 15) is 9.90 Å². The average molecular weight is 207 g/mol. The zero-order chi connectivity index (χ0) is 11.3. The molecule has 15 heavy (non-hydrogen) atoms. The number of hydrogen-bond donors (Lipinski definition) is 2. The van der Waals surface area contributed by atoms with Crippen LogP contribution in [0.3, 0.4) is 0 Å². The fraction of sp³-hybridized carbons (Fsp3) is 0.417. The summed E-state index contributed by atoms with van der Waals surface area (Å²) in [5, 5.41) is 12.7. The van der Waals surface area contributed by atoms with E-state index >= 15 is 0 Å². The Kier molecular flexibility index (Phi) is 4.31. The molecule has 1 amide bonds. The number of rotatable bonds is 4. The average Bonchev–Trinajstić information content (AvgIpc) is 2.29. The highest BCUT2D eigenvalue weighted by Crippen LogP contribution is 2.15. The molecular formula is C12H17NO2. The number of benzene rings is 1. The van der Waals surface area contributed by atoms with Crippen molar-refractivity contribution in [2.45, 2.75) is 32.4 Å². The smallest absolute Gasteiger partial charge is 0.220 e. The highest BCUT2D eigenvalue weighted by molar-refractivity contribution is 5.75. The Bertz CT molecular complexity index is 311. The van der Waals surface area contributed by atoms with Crippen molar-refractivity contribution in [3.63, 3.8) is 0 Å². The quantitative estimate of drug-likeness (QED) is 0.788. The van der Waals surface area contributed by atoms with Gasteiger partial charge in [0.1, 0.15) is 0 Å². The molecule has 2 N–H and O–H groups in total. The van der Waals surface area contributed by atoms with E-state index in [2.05, 4.69) is 5.32 Å². The number of aliphatic hydroxyl groups excluding tert-OH is 1. The molecule has 0 aliphatic heterocycles. The second kappa shape index (κ2) is 5.51. The van der Waals surface area contributed by atoms with Gasteiger partial charge >= 0.3 is 0 Å². The maximum Gasteiger partial charge on any atom is 0.220 e. The molecule has 0 saturated carbocycles. The van der Waals surface area contributed by atoms with Crippen molar-refractivity contribution in [3.05, 3.63) is 35.9 Å². The van der Waals surface area contributed by atoms with Crippen LogP contribution < -0.4 is 5.32 Å². The SMILES string of the molecule is CCC(=O)N[C@@H](C)[C@@H](O)c1ccccc1. The number of hydrogen-bond acceptors (Lipinski definition) is 2. The van der Waals surface area contributed by atoms with E-state index in [1.165, 1.54) is 0 Å². The van der Waals surface area contributed by atoms with E-state index in [0.717, 1.165) is 5.56 Å². The Morgan fingerprint density at radius 2 is 2.00 bits per heavy atom. The third-order valence-corrected chi connectivity index (χ3v) is 2.32. The molecule has 1 rings (SSSR count). The van der Waals surface area contributed by atoms with Crippen molar-refractivity contribution in [3.8, 4) is 0 Å². The van der Waals surface area contributed by atoms with E-state index in [1.807, 2.05) is 30.3 Å². The Hall–Kier alpha value is -1.35. The molecule has 3 nitrogen and oxygen atoms in total. The summed E-state index contributed by atoms with van der Waals surface area (Å²) in [6, 6.07) is 9.06. The minimum absolute atomic E-state index is 0.0440. The number of amides is 1. The van der Waals surface area contributed by atoms with Gasteiger partial charge in [-0.05, 0) is 12.5 Å². The minimum atomic E-state index is -0.651. The lowest BCUT2D eigenvalue weighted by Gasteiger charge is -2.20. The Balaban J connectivity index is 2.61. The number of aliphatic hydroxyl groups is 1. The maximum absolute atomic E-state index is 11.1. The van der Waals surface area contributed by atoms with Crippen LogP contribution in [0.4, 0.5) is 0 Å². The van der Waals surface area contributed by atoms with Gasteiger partial charge in [-0.15, -0.1) is 0 Å². The third kappa shape index (κ3) is 3.36. The first-order valence-electron chi connectivity index (χ1n) is 5.17. The zero-order valence-corrected chi connectivity index (χ0v) is 9.10. The molecule has 0 unspecified atom stereocenters. The lowest BCUT2D eigenvalue weighted by Crippen LogP contribution is -2.36. The summed E-state index contributed by atoms with van der Waals surface area (Å²) in [7, 11) is 0. The molecule has 82 valence electrons. The number of carbonyl (C=O) groups is 1. The van der Waals surface area contributed by atoms with E-state index in [1.54, 1.807) is 13.8 Å². The number of carbonyl (C=O) groups excluding carboxylic acids is 1. The lowest BCUT2D eigenvalue weighted by atomic mass is 10.0.